The Bertz CT molecular complexity index is 1100. The molecule has 0 amide bonds. The highest BCUT2D eigenvalue weighted by molar-refractivity contribution is 5.92. The Morgan fingerprint density at radius 2 is 2.03 bits per heavy atom. The highest BCUT2D eigenvalue weighted by atomic mass is 19.1. The van der Waals surface area contributed by atoms with Crippen LogP contribution >= 0.6 is 0 Å². The topological polar surface area (TPSA) is 101 Å². The Morgan fingerprint density at radius 1 is 1.28 bits per heavy atom. The van der Waals surface area contributed by atoms with Crippen LogP contribution in [0.25, 0.3) is 11.0 Å². The van der Waals surface area contributed by atoms with Crippen molar-refractivity contribution in [3.05, 3.63) is 33.9 Å². The standard InChI is InChI=1S/C24H31FN4O3/c1-14-11-29(13-19(14)26)22-18(25)7-16-20(30)17(23(31)32)12-28(21(16)27-22)6-4-2-3-5-24-8-15(9-24)10-24/h7,12,14-15,19H,2-6,8-11,13,26H2,1H3,(H,31,32). The van der Waals surface area contributed by atoms with Crippen LogP contribution < -0.4 is 16.1 Å². The zero-order valence-corrected chi connectivity index (χ0v) is 18.5. The molecule has 7 nitrogen and oxygen atoms in total. The number of rotatable bonds is 8. The summed E-state index contributed by atoms with van der Waals surface area (Å²) >= 11 is 0. The van der Waals surface area contributed by atoms with Crippen LogP contribution in [0.1, 0.15) is 62.2 Å². The molecule has 3 aliphatic carbocycles. The van der Waals surface area contributed by atoms with Crippen LogP contribution in [0.15, 0.2) is 17.1 Å². The first-order valence-electron chi connectivity index (χ1n) is 11.7. The first kappa shape index (κ1) is 21.4. The quantitative estimate of drug-likeness (QED) is 0.608. The van der Waals surface area contributed by atoms with Gasteiger partial charge in [-0.3, -0.25) is 4.79 Å². The number of aromatic carboxylic acids is 1. The van der Waals surface area contributed by atoms with E-state index in [1.54, 1.807) is 4.57 Å². The molecule has 2 unspecified atom stereocenters. The molecule has 0 aromatic carbocycles. The van der Waals surface area contributed by atoms with Crippen LogP contribution in [0.4, 0.5) is 10.2 Å². The molecule has 172 valence electrons. The van der Waals surface area contributed by atoms with Gasteiger partial charge in [0.1, 0.15) is 11.2 Å². The summed E-state index contributed by atoms with van der Waals surface area (Å²) < 4.78 is 16.6. The number of fused-ring (bicyclic) bond motifs is 1. The van der Waals surface area contributed by atoms with Crippen molar-refractivity contribution in [1.82, 2.24) is 9.55 Å². The summed E-state index contributed by atoms with van der Waals surface area (Å²) in [6.45, 7) is 3.65. The average Bonchev–Trinajstić information content (AvgIpc) is 3.01. The number of carbonyl (C=O) groups is 1. The molecule has 8 heteroatoms. The monoisotopic (exact) mass is 442 g/mol. The summed E-state index contributed by atoms with van der Waals surface area (Å²) in [6.07, 6.45) is 9.89. The molecule has 2 bridgehead atoms. The molecule has 4 fully saturated rings. The SMILES string of the molecule is CC1CN(c2nc3c(cc2F)c(=O)c(C(=O)O)cn3CCCCCC23CC(C2)C3)CC1N. The van der Waals surface area contributed by atoms with Gasteiger partial charge in [-0.05, 0) is 55.4 Å². The van der Waals surface area contributed by atoms with E-state index in [4.69, 9.17) is 5.73 Å². The highest BCUT2D eigenvalue weighted by Crippen LogP contribution is 2.66. The van der Waals surface area contributed by atoms with Gasteiger partial charge in [0.25, 0.3) is 0 Å². The Balaban J connectivity index is 1.41. The fourth-order valence-electron chi connectivity index (χ4n) is 5.91. The number of unbranched alkanes of at least 4 members (excludes halogenated alkanes) is 2. The highest BCUT2D eigenvalue weighted by Gasteiger charge is 2.55. The molecule has 2 aromatic heterocycles. The van der Waals surface area contributed by atoms with Crippen LogP contribution in [0, 0.1) is 23.1 Å². The normalized spacial score (nSPS) is 28.6. The first-order valence-corrected chi connectivity index (χ1v) is 11.7. The molecule has 3 saturated carbocycles. The predicted molar refractivity (Wildman–Crippen MR) is 121 cm³/mol. The lowest BCUT2D eigenvalue weighted by atomic mass is 9.43. The Kier molecular flexibility index (Phi) is 5.23. The van der Waals surface area contributed by atoms with Crippen molar-refractivity contribution >= 4 is 22.8 Å². The van der Waals surface area contributed by atoms with E-state index in [1.807, 2.05) is 11.8 Å². The molecule has 6 rings (SSSR count). The van der Waals surface area contributed by atoms with E-state index in [0.717, 1.165) is 31.2 Å². The molecule has 0 radical (unpaired) electrons. The van der Waals surface area contributed by atoms with Crippen LogP contribution in [0.5, 0.6) is 0 Å². The van der Waals surface area contributed by atoms with Crippen molar-refractivity contribution < 1.29 is 14.3 Å². The number of carboxylic acids is 1. The number of nitrogens with zero attached hydrogens (tertiary/aromatic N) is 3. The molecule has 1 aliphatic heterocycles. The van der Waals surface area contributed by atoms with Gasteiger partial charge >= 0.3 is 5.97 Å². The molecule has 4 aliphatic rings. The fourth-order valence-corrected chi connectivity index (χ4v) is 5.91. The molecule has 3 N–H and O–H groups in total. The summed E-state index contributed by atoms with van der Waals surface area (Å²) in [5, 5.41) is 9.50. The summed E-state index contributed by atoms with van der Waals surface area (Å²) in [6, 6.07) is 1.07. The van der Waals surface area contributed by atoms with E-state index >= 15 is 0 Å². The number of hydrogen-bond donors (Lipinski definition) is 2. The molecular formula is C24H31FN4O3. The molecule has 0 spiro atoms. The van der Waals surface area contributed by atoms with Crippen LogP contribution in [0.2, 0.25) is 0 Å². The van der Waals surface area contributed by atoms with E-state index in [2.05, 4.69) is 4.98 Å². The lowest BCUT2D eigenvalue weighted by Gasteiger charge is -2.62. The summed E-state index contributed by atoms with van der Waals surface area (Å²) in [4.78, 5) is 30.7. The minimum absolute atomic E-state index is 0.0107. The molecule has 3 heterocycles. The number of anilines is 1. The second kappa shape index (κ2) is 7.83. The first-order chi connectivity index (χ1) is 15.3. The van der Waals surface area contributed by atoms with E-state index in [0.29, 0.717) is 30.7 Å². The zero-order valence-electron chi connectivity index (χ0n) is 18.5. The van der Waals surface area contributed by atoms with Gasteiger partial charge in [-0.15, -0.1) is 0 Å². The van der Waals surface area contributed by atoms with Gasteiger partial charge in [0.15, 0.2) is 11.6 Å². The molecule has 1 saturated heterocycles. The number of hydrogen-bond acceptors (Lipinski definition) is 5. The number of nitrogens with two attached hydrogens (primary N) is 1. The molecule has 2 atom stereocenters. The van der Waals surface area contributed by atoms with Gasteiger partial charge in [-0.1, -0.05) is 19.8 Å². The number of carboxylic acid groups (broad SMARTS) is 1. The van der Waals surface area contributed by atoms with Crippen LogP contribution in [0.3, 0.4) is 0 Å². The largest absolute Gasteiger partial charge is 0.477 e. The number of aromatic nitrogens is 2. The van der Waals surface area contributed by atoms with E-state index in [-0.39, 0.29) is 28.7 Å². The predicted octanol–water partition coefficient (Wildman–Crippen LogP) is 3.38. The maximum atomic E-state index is 14.9. The minimum Gasteiger partial charge on any atom is -0.477 e. The summed E-state index contributed by atoms with van der Waals surface area (Å²) in [5.74, 6) is -0.547. The Labute approximate surface area is 186 Å². The van der Waals surface area contributed by atoms with Crippen molar-refractivity contribution in [2.75, 3.05) is 18.0 Å². The average molecular weight is 443 g/mol. The number of halogens is 1. The van der Waals surface area contributed by atoms with Crippen molar-refractivity contribution in [2.24, 2.45) is 23.0 Å². The van der Waals surface area contributed by atoms with Gasteiger partial charge in [-0.2, -0.15) is 0 Å². The number of aryl methyl sites for hydroxylation is 1. The lowest BCUT2D eigenvalue weighted by molar-refractivity contribution is -0.113. The van der Waals surface area contributed by atoms with Crippen LogP contribution in [-0.4, -0.2) is 39.8 Å². The zero-order chi connectivity index (χ0) is 22.6. The Hall–Kier alpha value is -2.48. The third-order valence-corrected chi connectivity index (χ3v) is 7.96. The summed E-state index contributed by atoms with van der Waals surface area (Å²) in [5.41, 5.74) is 6.03. The van der Waals surface area contributed by atoms with Gasteiger partial charge in [-0.25, -0.2) is 14.2 Å². The van der Waals surface area contributed by atoms with Crippen molar-refractivity contribution in [3.8, 4) is 0 Å². The smallest absolute Gasteiger partial charge is 0.341 e. The van der Waals surface area contributed by atoms with E-state index in [1.165, 1.54) is 31.9 Å². The molecular weight excluding hydrogens is 411 g/mol. The third kappa shape index (κ3) is 3.58. The molecule has 2 aromatic rings. The second-order valence-corrected chi connectivity index (χ2v) is 10.4. The van der Waals surface area contributed by atoms with Crippen LogP contribution in [-0.2, 0) is 6.54 Å². The fraction of sp³-hybridized carbons (Fsp3) is 0.625. The van der Waals surface area contributed by atoms with Crippen molar-refractivity contribution in [1.29, 1.82) is 0 Å². The minimum atomic E-state index is -1.31. The van der Waals surface area contributed by atoms with E-state index in [9.17, 15) is 19.1 Å². The second-order valence-electron chi connectivity index (χ2n) is 10.4. The van der Waals surface area contributed by atoms with Gasteiger partial charge in [0, 0.05) is 31.9 Å². The Morgan fingerprint density at radius 3 is 2.62 bits per heavy atom. The van der Waals surface area contributed by atoms with Gasteiger partial charge in [0.05, 0.1) is 5.39 Å². The molecule has 32 heavy (non-hydrogen) atoms. The van der Waals surface area contributed by atoms with Gasteiger partial charge in [0.2, 0.25) is 5.43 Å². The summed E-state index contributed by atoms with van der Waals surface area (Å²) in [7, 11) is 0. The van der Waals surface area contributed by atoms with Crippen molar-refractivity contribution in [3.63, 3.8) is 0 Å². The maximum absolute atomic E-state index is 14.9. The van der Waals surface area contributed by atoms with Crippen molar-refractivity contribution in [2.45, 2.75) is 64.5 Å². The lowest BCUT2D eigenvalue weighted by Crippen LogP contribution is -2.51. The number of pyridine rings is 2. The van der Waals surface area contributed by atoms with Gasteiger partial charge < -0.3 is 20.3 Å². The third-order valence-electron chi connectivity index (χ3n) is 7.96. The maximum Gasteiger partial charge on any atom is 0.341 e. The van der Waals surface area contributed by atoms with E-state index < -0.39 is 17.2 Å².